The molecule has 0 saturated carbocycles. The summed E-state index contributed by atoms with van der Waals surface area (Å²) in [6.07, 6.45) is 2.29. The molecule has 1 unspecified atom stereocenters. The van der Waals surface area contributed by atoms with Gasteiger partial charge in [-0.3, -0.25) is 4.90 Å². The van der Waals surface area contributed by atoms with Crippen molar-refractivity contribution in [3.05, 3.63) is 29.6 Å². The molecule has 2 aliphatic rings. The predicted molar refractivity (Wildman–Crippen MR) is 83.3 cm³/mol. The molecule has 4 nitrogen and oxygen atoms in total. The summed E-state index contributed by atoms with van der Waals surface area (Å²) in [5.74, 6) is 0.150. The number of rotatable bonds is 3. The molecule has 5 heteroatoms. The standard InChI is InChI=1S/C17H22FN3O/c18-16-4-1-5-17(15(16)11-19)21-6-2-3-14(13-21)12-20-7-9-22-10-8-20/h1,4-5,14H,2-3,6-10,12-13H2. The van der Waals surface area contributed by atoms with Crippen molar-refractivity contribution in [1.29, 1.82) is 5.26 Å². The Kier molecular flexibility index (Phi) is 4.91. The smallest absolute Gasteiger partial charge is 0.143 e. The van der Waals surface area contributed by atoms with Gasteiger partial charge in [-0.1, -0.05) is 6.07 Å². The fourth-order valence-electron chi connectivity index (χ4n) is 3.47. The van der Waals surface area contributed by atoms with Gasteiger partial charge in [0, 0.05) is 32.7 Å². The van der Waals surface area contributed by atoms with Crippen molar-refractivity contribution in [1.82, 2.24) is 4.90 Å². The van der Waals surface area contributed by atoms with Gasteiger partial charge in [-0.15, -0.1) is 0 Å². The second-order valence-corrected chi connectivity index (χ2v) is 6.11. The molecule has 2 saturated heterocycles. The number of hydrogen-bond donors (Lipinski definition) is 0. The summed E-state index contributed by atoms with van der Waals surface area (Å²) in [6.45, 7) is 6.50. The number of piperidine rings is 1. The Bertz CT molecular complexity index is 551. The zero-order valence-electron chi connectivity index (χ0n) is 12.8. The first kappa shape index (κ1) is 15.3. The molecule has 0 N–H and O–H groups in total. The molecule has 1 aromatic rings. The summed E-state index contributed by atoms with van der Waals surface area (Å²) in [5.41, 5.74) is 0.920. The van der Waals surface area contributed by atoms with Gasteiger partial charge in [0.15, 0.2) is 0 Å². The molecule has 0 radical (unpaired) electrons. The maximum absolute atomic E-state index is 13.8. The third-order valence-corrected chi connectivity index (χ3v) is 4.58. The van der Waals surface area contributed by atoms with Crippen molar-refractivity contribution in [3.8, 4) is 6.07 Å². The van der Waals surface area contributed by atoms with Crippen LogP contribution in [0.4, 0.5) is 10.1 Å². The molecule has 2 heterocycles. The Morgan fingerprint density at radius 3 is 2.86 bits per heavy atom. The van der Waals surface area contributed by atoms with Crippen molar-refractivity contribution >= 4 is 5.69 Å². The normalized spacial score (nSPS) is 23.3. The minimum atomic E-state index is -0.421. The Morgan fingerprint density at radius 1 is 1.27 bits per heavy atom. The highest BCUT2D eigenvalue weighted by atomic mass is 19.1. The summed E-state index contributed by atoms with van der Waals surface area (Å²) in [4.78, 5) is 4.63. The number of morpholine rings is 1. The number of benzene rings is 1. The molecule has 0 spiro atoms. The van der Waals surface area contributed by atoms with Gasteiger partial charge in [0.25, 0.3) is 0 Å². The monoisotopic (exact) mass is 303 g/mol. The quantitative estimate of drug-likeness (QED) is 0.858. The molecule has 0 amide bonds. The van der Waals surface area contributed by atoms with E-state index in [1.165, 1.54) is 12.5 Å². The van der Waals surface area contributed by atoms with E-state index in [-0.39, 0.29) is 5.56 Å². The molecular weight excluding hydrogens is 281 g/mol. The molecule has 0 bridgehead atoms. The molecule has 0 aromatic heterocycles. The summed E-state index contributed by atoms with van der Waals surface area (Å²) < 4.78 is 19.2. The van der Waals surface area contributed by atoms with Gasteiger partial charge >= 0.3 is 0 Å². The SMILES string of the molecule is N#Cc1c(F)cccc1N1CCCC(CN2CCOCC2)C1. The van der Waals surface area contributed by atoms with Gasteiger partial charge in [-0.25, -0.2) is 4.39 Å². The van der Waals surface area contributed by atoms with E-state index in [4.69, 9.17) is 4.74 Å². The van der Waals surface area contributed by atoms with Crippen LogP contribution >= 0.6 is 0 Å². The predicted octanol–water partition coefficient (Wildman–Crippen LogP) is 2.25. The average molecular weight is 303 g/mol. The van der Waals surface area contributed by atoms with Crippen LogP contribution in [0.25, 0.3) is 0 Å². The minimum Gasteiger partial charge on any atom is -0.379 e. The summed E-state index contributed by atoms with van der Waals surface area (Å²) in [6, 6.07) is 6.92. The van der Waals surface area contributed by atoms with Gasteiger partial charge in [0.1, 0.15) is 17.4 Å². The van der Waals surface area contributed by atoms with Crippen LogP contribution in [0.1, 0.15) is 18.4 Å². The van der Waals surface area contributed by atoms with Crippen molar-refractivity contribution in [2.24, 2.45) is 5.92 Å². The minimum absolute atomic E-state index is 0.175. The van der Waals surface area contributed by atoms with E-state index < -0.39 is 5.82 Å². The first-order valence-electron chi connectivity index (χ1n) is 8.01. The average Bonchev–Trinajstić information content (AvgIpc) is 2.56. The van der Waals surface area contributed by atoms with Crippen LogP contribution in [0.2, 0.25) is 0 Å². The molecule has 3 rings (SSSR count). The lowest BCUT2D eigenvalue weighted by atomic mass is 9.96. The second kappa shape index (κ2) is 7.08. The molecule has 1 aromatic carbocycles. The number of anilines is 1. The maximum Gasteiger partial charge on any atom is 0.143 e. The van der Waals surface area contributed by atoms with Crippen LogP contribution in [0.15, 0.2) is 18.2 Å². The zero-order chi connectivity index (χ0) is 15.4. The Morgan fingerprint density at radius 2 is 2.09 bits per heavy atom. The molecule has 2 aliphatic heterocycles. The Labute approximate surface area is 131 Å². The summed E-state index contributed by atoms with van der Waals surface area (Å²) in [5, 5.41) is 9.22. The number of halogens is 1. The van der Waals surface area contributed by atoms with E-state index in [0.29, 0.717) is 5.92 Å². The molecule has 118 valence electrons. The lowest BCUT2D eigenvalue weighted by Gasteiger charge is -2.38. The summed E-state index contributed by atoms with van der Waals surface area (Å²) in [7, 11) is 0. The fourth-order valence-corrected chi connectivity index (χ4v) is 3.47. The molecule has 2 fully saturated rings. The van der Waals surface area contributed by atoms with Crippen LogP contribution in [0, 0.1) is 23.1 Å². The Hall–Kier alpha value is -1.64. The van der Waals surface area contributed by atoms with E-state index in [1.807, 2.05) is 12.1 Å². The first-order chi connectivity index (χ1) is 10.8. The van der Waals surface area contributed by atoms with Crippen LogP contribution in [-0.2, 0) is 4.74 Å². The lowest BCUT2D eigenvalue weighted by molar-refractivity contribution is 0.0296. The molecule has 1 atom stereocenters. The van der Waals surface area contributed by atoms with Crippen molar-refractivity contribution < 1.29 is 9.13 Å². The highest BCUT2D eigenvalue weighted by molar-refractivity contribution is 5.60. The Balaban J connectivity index is 1.68. The van der Waals surface area contributed by atoms with E-state index in [2.05, 4.69) is 9.80 Å². The highest BCUT2D eigenvalue weighted by Gasteiger charge is 2.25. The molecule has 0 aliphatic carbocycles. The van der Waals surface area contributed by atoms with Crippen LogP contribution < -0.4 is 4.90 Å². The van der Waals surface area contributed by atoms with E-state index in [0.717, 1.165) is 58.0 Å². The first-order valence-corrected chi connectivity index (χ1v) is 8.01. The van der Waals surface area contributed by atoms with Crippen LogP contribution in [0.3, 0.4) is 0 Å². The van der Waals surface area contributed by atoms with Gasteiger partial charge in [0.2, 0.25) is 0 Å². The number of nitrogens with zero attached hydrogens (tertiary/aromatic N) is 3. The topological polar surface area (TPSA) is 39.5 Å². The molecular formula is C17H22FN3O. The van der Waals surface area contributed by atoms with E-state index in [9.17, 15) is 9.65 Å². The molecule has 22 heavy (non-hydrogen) atoms. The number of hydrogen-bond acceptors (Lipinski definition) is 4. The second-order valence-electron chi connectivity index (χ2n) is 6.11. The number of nitriles is 1. The van der Waals surface area contributed by atoms with Crippen molar-refractivity contribution in [2.75, 3.05) is 50.8 Å². The van der Waals surface area contributed by atoms with Gasteiger partial charge in [-0.05, 0) is 30.9 Å². The third kappa shape index (κ3) is 3.40. The van der Waals surface area contributed by atoms with Crippen LogP contribution in [0.5, 0.6) is 0 Å². The largest absolute Gasteiger partial charge is 0.379 e. The summed E-state index contributed by atoms with van der Waals surface area (Å²) >= 11 is 0. The van der Waals surface area contributed by atoms with Crippen molar-refractivity contribution in [2.45, 2.75) is 12.8 Å². The maximum atomic E-state index is 13.8. The number of ether oxygens (including phenoxy) is 1. The van der Waals surface area contributed by atoms with Crippen LogP contribution in [-0.4, -0.2) is 50.8 Å². The van der Waals surface area contributed by atoms with E-state index in [1.54, 1.807) is 6.07 Å². The van der Waals surface area contributed by atoms with E-state index >= 15 is 0 Å². The highest BCUT2D eigenvalue weighted by Crippen LogP contribution is 2.28. The zero-order valence-corrected chi connectivity index (χ0v) is 12.8. The van der Waals surface area contributed by atoms with Gasteiger partial charge in [0.05, 0.1) is 18.9 Å². The van der Waals surface area contributed by atoms with Gasteiger partial charge < -0.3 is 9.64 Å². The fraction of sp³-hybridized carbons (Fsp3) is 0.588. The third-order valence-electron chi connectivity index (χ3n) is 4.58. The van der Waals surface area contributed by atoms with Gasteiger partial charge in [-0.2, -0.15) is 5.26 Å². The lowest BCUT2D eigenvalue weighted by Crippen LogP contribution is -2.44. The van der Waals surface area contributed by atoms with Crippen molar-refractivity contribution in [3.63, 3.8) is 0 Å².